The highest BCUT2D eigenvalue weighted by Crippen LogP contribution is 2.51. The number of benzene rings is 2. The fourth-order valence-electron chi connectivity index (χ4n) is 4.35. The lowest BCUT2D eigenvalue weighted by Crippen LogP contribution is -2.14. The lowest BCUT2D eigenvalue weighted by Gasteiger charge is -2.18. The van der Waals surface area contributed by atoms with Gasteiger partial charge >= 0.3 is 0 Å². The Morgan fingerprint density at radius 2 is 1.37 bits per heavy atom. The molecule has 2 fully saturated rings. The van der Waals surface area contributed by atoms with Gasteiger partial charge in [-0.2, -0.15) is 0 Å². The van der Waals surface area contributed by atoms with Crippen LogP contribution in [0.3, 0.4) is 0 Å². The smallest absolute Gasteiger partial charge is 0.231 e. The molecule has 6 nitrogen and oxygen atoms in total. The SMILES string of the molecule is COc1ccc([C@H]2OC[C@H]3[C@H]2CO[C@H]3c2ccc3c(c2)OCO3)cc1OC. The van der Waals surface area contributed by atoms with E-state index in [0.29, 0.717) is 30.8 Å². The monoisotopic (exact) mass is 370 g/mol. The maximum absolute atomic E-state index is 6.19. The van der Waals surface area contributed by atoms with Crippen LogP contribution >= 0.6 is 0 Å². The van der Waals surface area contributed by atoms with Crippen LogP contribution in [0.4, 0.5) is 0 Å². The summed E-state index contributed by atoms with van der Waals surface area (Å²) in [5, 5.41) is 0. The summed E-state index contributed by atoms with van der Waals surface area (Å²) in [5.74, 6) is 3.63. The number of methoxy groups -OCH3 is 2. The van der Waals surface area contributed by atoms with E-state index in [4.69, 9.17) is 28.4 Å². The molecule has 3 aliphatic rings. The first-order valence-corrected chi connectivity index (χ1v) is 9.13. The van der Waals surface area contributed by atoms with Gasteiger partial charge in [-0.25, -0.2) is 0 Å². The molecule has 5 rings (SSSR count). The van der Waals surface area contributed by atoms with Gasteiger partial charge in [-0.15, -0.1) is 0 Å². The lowest BCUT2D eigenvalue weighted by molar-refractivity contribution is 0.0191. The van der Waals surface area contributed by atoms with Crippen molar-refractivity contribution in [1.82, 2.24) is 0 Å². The maximum atomic E-state index is 6.19. The van der Waals surface area contributed by atoms with E-state index in [1.807, 2.05) is 30.3 Å². The summed E-state index contributed by atoms with van der Waals surface area (Å²) in [7, 11) is 3.29. The summed E-state index contributed by atoms with van der Waals surface area (Å²) in [6.45, 7) is 1.62. The molecule has 0 N–H and O–H groups in total. The number of hydrogen-bond acceptors (Lipinski definition) is 6. The van der Waals surface area contributed by atoms with Crippen LogP contribution in [-0.2, 0) is 9.47 Å². The first kappa shape index (κ1) is 16.7. The molecule has 2 saturated heterocycles. The van der Waals surface area contributed by atoms with Crippen LogP contribution in [-0.4, -0.2) is 34.2 Å². The second kappa shape index (κ2) is 6.62. The molecule has 0 saturated carbocycles. The van der Waals surface area contributed by atoms with Gasteiger partial charge < -0.3 is 28.4 Å². The van der Waals surface area contributed by atoms with E-state index in [1.165, 1.54) is 0 Å². The molecular weight excluding hydrogens is 348 g/mol. The van der Waals surface area contributed by atoms with Crippen LogP contribution in [0.5, 0.6) is 23.0 Å². The summed E-state index contributed by atoms with van der Waals surface area (Å²) >= 11 is 0. The molecule has 2 aromatic carbocycles. The molecular formula is C21H22O6. The normalized spacial score (nSPS) is 28.2. The average molecular weight is 370 g/mol. The van der Waals surface area contributed by atoms with E-state index in [1.54, 1.807) is 14.2 Å². The number of rotatable bonds is 4. The quantitative estimate of drug-likeness (QED) is 0.821. The standard InChI is InChI=1S/C21H22O6/c1-22-16-5-3-12(7-18(16)23-2)20-14-9-25-21(15(14)10-24-20)13-4-6-17-19(8-13)27-11-26-17/h3-8,14-15,20-21H,9-11H2,1-2H3/t14-,15+,20-,21+/m1/s1. The first-order valence-electron chi connectivity index (χ1n) is 9.13. The van der Waals surface area contributed by atoms with E-state index in [9.17, 15) is 0 Å². The molecule has 0 unspecified atom stereocenters. The van der Waals surface area contributed by atoms with Crippen LogP contribution in [0.1, 0.15) is 23.3 Å². The minimum absolute atomic E-state index is 0.00573. The van der Waals surface area contributed by atoms with Gasteiger partial charge in [0.2, 0.25) is 6.79 Å². The van der Waals surface area contributed by atoms with E-state index >= 15 is 0 Å². The minimum atomic E-state index is -0.00573. The minimum Gasteiger partial charge on any atom is -0.493 e. The van der Waals surface area contributed by atoms with Crippen LogP contribution in [0.25, 0.3) is 0 Å². The molecule has 4 atom stereocenters. The molecule has 0 aliphatic carbocycles. The summed E-state index contributed by atoms with van der Waals surface area (Å²) in [6.07, 6.45) is 0.00320. The van der Waals surface area contributed by atoms with Crippen molar-refractivity contribution in [1.29, 1.82) is 0 Å². The van der Waals surface area contributed by atoms with E-state index in [0.717, 1.165) is 28.4 Å². The van der Waals surface area contributed by atoms with Crippen LogP contribution in [0, 0.1) is 11.8 Å². The Hall–Kier alpha value is -2.44. The Morgan fingerprint density at radius 3 is 2.07 bits per heavy atom. The predicted molar refractivity (Wildman–Crippen MR) is 96.5 cm³/mol. The third kappa shape index (κ3) is 2.71. The van der Waals surface area contributed by atoms with Gasteiger partial charge in [0.05, 0.1) is 39.6 Å². The number of fused-ring (bicyclic) bond motifs is 2. The van der Waals surface area contributed by atoms with E-state index in [-0.39, 0.29) is 19.0 Å². The first-order chi connectivity index (χ1) is 13.3. The van der Waals surface area contributed by atoms with Gasteiger partial charge in [0.1, 0.15) is 0 Å². The highest BCUT2D eigenvalue weighted by molar-refractivity contribution is 5.46. The van der Waals surface area contributed by atoms with Crippen molar-refractivity contribution in [3.63, 3.8) is 0 Å². The van der Waals surface area contributed by atoms with Crippen molar-refractivity contribution < 1.29 is 28.4 Å². The molecule has 0 bridgehead atoms. The summed E-state index contributed by atoms with van der Waals surface area (Å²) in [4.78, 5) is 0. The Kier molecular flexibility index (Phi) is 4.10. The highest BCUT2D eigenvalue weighted by Gasteiger charge is 2.48. The second-order valence-corrected chi connectivity index (χ2v) is 7.06. The van der Waals surface area contributed by atoms with Gasteiger partial charge in [0.15, 0.2) is 23.0 Å². The van der Waals surface area contributed by atoms with Crippen molar-refractivity contribution in [3.8, 4) is 23.0 Å². The lowest BCUT2D eigenvalue weighted by atomic mass is 9.85. The Balaban J connectivity index is 1.39. The van der Waals surface area contributed by atoms with Gasteiger partial charge in [-0.1, -0.05) is 12.1 Å². The summed E-state index contributed by atoms with van der Waals surface area (Å²) in [6, 6.07) is 12.0. The largest absolute Gasteiger partial charge is 0.493 e. The van der Waals surface area contributed by atoms with Crippen molar-refractivity contribution in [3.05, 3.63) is 47.5 Å². The number of hydrogen-bond donors (Lipinski definition) is 0. The molecule has 27 heavy (non-hydrogen) atoms. The Labute approximate surface area is 157 Å². The van der Waals surface area contributed by atoms with Crippen molar-refractivity contribution in [2.75, 3.05) is 34.2 Å². The second-order valence-electron chi connectivity index (χ2n) is 7.06. The zero-order valence-electron chi connectivity index (χ0n) is 15.3. The molecule has 0 radical (unpaired) electrons. The van der Waals surface area contributed by atoms with E-state index < -0.39 is 0 Å². The molecule has 6 heteroatoms. The summed E-state index contributed by atoms with van der Waals surface area (Å²) in [5.41, 5.74) is 2.21. The topological polar surface area (TPSA) is 55.4 Å². The zero-order chi connectivity index (χ0) is 18.4. The molecule has 3 aliphatic heterocycles. The number of ether oxygens (including phenoxy) is 6. The average Bonchev–Trinajstić information content (AvgIpc) is 3.42. The van der Waals surface area contributed by atoms with Crippen LogP contribution < -0.4 is 18.9 Å². The molecule has 3 heterocycles. The van der Waals surface area contributed by atoms with Crippen LogP contribution in [0.15, 0.2) is 36.4 Å². The van der Waals surface area contributed by atoms with Gasteiger partial charge in [0, 0.05) is 11.8 Å². The van der Waals surface area contributed by atoms with Gasteiger partial charge in [0.25, 0.3) is 0 Å². The Bertz CT molecular complexity index is 851. The van der Waals surface area contributed by atoms with Gasteiger partial charge in [-0.3, -0.25) is 0 Å². The highest BCUT2D eigenvalue weighted by atomic mass is 16.7. The van der Waals surface area contributed by atoms with Crippen molar-refractivity contribution in [2.24, 2.45) is 11.8 Å². The third-order valence-electron chi connectivity index (χ3n) is 5.73. The predicted octanol–water partition coefficient (Wildman–Crippen LogP) is 3.51. The maximum Gasteiger partial charge on any atom is 0.231 e. The summed E-state index contributed by atoms with van der Waals surface area (Å²) < 4.78 is 34.1. The molecule has 0 amide bonds. The molecule has 0 aromatic heterocycles. The van der Waals surface area contributed by atoms with Gasteiger partial charge in [-0.05, 0) is 35.4 Å². The van der Waals surface area contributed by atoms with Crippen LogP contribution in [0.2, 0.25) is 0 Å². The Morgan fingerprint density at radius 1 is 0.741 bits per heavy atom. The molecule has 0 spiro atoms. The molecule has 142 valence electrons. The third-order valence-corrected chi connectivity index (χ3v) is 5.73. The molecule has 2 aromatic rings. The van der Waals surface area contributed by atoms with Crippen molar-refractivity contribution in [2.45, 2.75) is 12.2 Å². The zero-order valence-corrected chi connectivity index (χ0v) is 15.3. The van der Waals surface area contributed by atoms with Crippen molar-refractivity contribution >= 4 is 0 Å². The fraction of sp³-hybridized carbons (Fsp3) is 0.429. The fourth-order valence-corrected chi connectivity index (χ4v) is 4.35. The van der Waals surface area contributed by atoms with E-state index in [2.05, 4.69) is 6.07 Å².